The molecule has 1 heterocycles. The minimum absolute atomic E-state index is 0.829. The summed E-state index contributed by atoms with van der Waals surface area (Å²) in [4.78, 5) is 2.34. The molecule has 1 aliphatic rings. The van der Waals surface area contributed by atoms with E-state index < -0.39 is 0 Å². The van der Waals surface area contributed by atoms with Crippen molar-refractivity contribution in [3.8, 4) is 0 Å². The third-order valence-electron chi connectivity index (χ3n) is 2.49. The zero-order valence-corrected chi connectivity index (χ0v) is 8.95. The van der Waals surface area contributed by atoms with Gasteiger partial charge in [0.1, 0.15) is 0 Å². The van der Waals surface area contributed by atoms with Crippen molar-refractivity contribution in [3.05, 3.63) is 24.3 Å². The topological polar surface area (TPSA) is 32.5 Å². The van der Waals surface area contributed by atoms with Gasteiger partial charge < -0.3 is 10.6 Å². The smallest absolute Gasteiger partial charge is 0.0387 e. The van der Waals surface area contributed by atoms with Crippen LogP contribution in [0.2, 0.25) is 0 Å². The molecule has 0 radical (unpaired) electrons. The van der Waals surface area contributed by atoms with E-state index in [9.17, 15) is 0 Å². The van der Waals surface area contributed by atoms with Gasteiger partial charge in [-0.05, 0) is 18.2 Å². The minimum Gasteiger partial charge on any atom is -0.399 e. The standard InChI is InChI=1S/C10H15N3S/c11-9-2-1-3-10(8-9)12-4-6-13(14)7-5-12/h1-3,8,14H,4-7,11H2. The summed E-state index contributed by atoms with van der Waals surface area (Å²) < 4.78 is 2.04. The van der Waals surface area contributed by atoms with Gasteiger partial charge >= 0.3 is 0 Å². The van der Waals surface area contributed by atoms with E-state index in [4.69, 9.17) is 5.73 Å². The van der Waals surface area contributed by atoms with Crippen LogP contribution in [0.25, 0.3) is 0 Å². The van der Waals surface area contributed by atoms with Gasteiger partial charge in [-0.25, -0.2) is 4.31 Å². The van der Waals surface area contributed by atoms with Gasteiger partial charge in [-0.15, -0.1) is 0 Å². The Hall–Kier alpha value is -0.870. The fourth-order valence-corrected chi connectivity index (χ4v) is 1.85. The molecule has 1 fully saturated rings. The maximum absolute atomic E-state index is 5.74. The molecule has 1 aromatic rings. The summed E-state index contributed by atoms with van der Waals surface area (Å²) in [6, 6.07) is 8.04. The number of thiol groups is 1. The number of anilines is 2. The summed E-state index contributed by atoms with van der Waals surface area (Å²) >= 11 is 4.32. The zero-order valence-electron chi connectivity index (χ0n) is 8.06. The molecule has 4 heteroatoms. The highest BCUT2D eigenvalue weighted by Gasteiger charge is 2.14. The van der Waals surface area contributed by atoms with E-state index in [1.54, 1.807) is 0 Å². The Morgan fingerprint density at radius 3 is 2.50 bits per heavy atom. The van der Waals surface area contributed by atoms with Crippen LogP contribution in [0.1, 0.15) is 0 Å². The number of nitrogens with zero attached hydrogens (tertiary/aromatic N) is 2. The summed E-state index contributed by atoms with van der Waals surface area (Å²) in [5.74, 6) is 0. The number of piperazine rings is 1. The lowest BCUT2D eigenvalue weighted by Crippen LogP contribution is -2.42. The second-order valence-electron chi connectivity index (χ2n) is 3.54. The van der Waals surface area contributed by atoms with Crippen molar-refractivity contribution in [1.82, 2.24) is 4.31 Å². The molecule has 0 aliphatic carbocycles. The first-order chi connectivity index (χ1) is 6.75. The lowest BCUT2D eigenvalue weighted by Gasteiger charge is -2.33. The summed E-state index contributed by atoms with van der Waals surface area (Å²) in [6.07, 6.45) is 0. The molecule has 0 bridgehead atoms. The Labute approximate surface area is 90.0 Å². The van der Waals surface area contributed by atoms with Crippen LogP contribution < -0.4 is 10.6 Å². The molecule has 3 nitrogen and oxygen atoms in total. The molecular weight excluding hydrogens is 194 g/mol. The predicted molar refractivity (Wildman–Crippen MR) is 63.6 cm³/mol. The lowest BCUT2D eigenvalue weighted by atomic mass is 10.2. The average Bonchev–Trinajstić information content (AvgIpc) is 2.19. The molecule has 2 N–H and O–H groups in total. The zero-order chi connectivity index (χ0) is 9.97. The monoisotopic (exact) mass is 209 g/mol. The largest absolute Gasteiger partial charge is 0.399 e. The molecule has 0 saturated carbocycles. The van der Waals surface area contributed by atoms with Gasteiger partial charge in [0.2, 0.25) is 0 Å². The highest BCUT2D eigenvalue weighted by molar-refractivity contribution is 7.77. The van der Waals surface area contributed by atoms with Crippen molar-refractivity contribution in [1.29, 1.82) is 0 Å². The third kappa shape index (κ3) is 2.13. The Morgan fingerprint density at radius 1 is 1.14 bits per heavy atom. The first-order valence-corrected chi connectivity index (χ1v) is 5.20. The fraction of sp³-hybridized carbons (Fsp3) is 0.400. The summed E-state index contributed by atoms with van der Waals surface area (Å²) in [5, 5.41) is 0. The van der Waals surface area contributed by atoms with E-state index in [2.05, 4.69) is 23.8 Å². The second kappa shape index (κ2) is 4.11. The van der Waals surface area contributed by atoms with E-state index in [1.165, 1.54) is 5.69 Å². The van der Waals surface area contributed by atoms with Crippen LogP contribution in [0.4, 0.5) is 11.4 Å². The Morgan fingerprint density at radius 2 is 1.86 bits per heavy atom. The second-order valence-corrected chi connectivity index (χ2v) is 4.10. The van der Waals surface area contributed by atoms with Gasteiger partial charge in [-0.3, -0.25) is 0 Å². The van der Waals surface area contributed by atoms with Crippen LogP contribution in [-0.2, 0) is 0 Å². The van der Waals surface area contributed by atoms with E-state index >= 15 is 0 Å². The van der Waals surface area contributed by atoms with Crippen molar-refractivity contribution in [3.63, 3.8) is 0 Å². The number of nitrogen functional groups attached to an aromatic ring is 1. The van der Waals surface area contributed by atoms with Crippen molar-refractivity contribution >= 4 is 24.2 Å². The molecule has 76 valence electrons. The van der Waals surface area contributed by atoms with Gasteiger partial charge in [-0.1, -0.05) is 18.9 Å². The van der Waals surface area contributed by atoms with Crippen LogP contribution in [0, 0.1) is 0 Å². The molecule has 0 atom stereocenters. The van der Waals surface area contributed by atoms with E-state index in [1.807, 2.05) is 22.5 Å². The summed E-state index contributed by atoms with van der Waals surface area (Å²) in [7, 11) is 0. The maximum atomic E-state index is 5.74. The number of rotatable bonds is 1. The first kappa shape index (κ1) is 9.68. The summed E-state index contributed by atoms with van der Waals surface area (Å²) in [6.45, 7) is 4.04. The SMILES string of the molecule is Nc1cccc(N2CCN(S)CC2)c1. The first-order valence-electron chi connectivity index (χ1n) is 4.80. The van der Waals surface area contributed by atoms with Gasteiger partial charge in [0.25, 0.3) is 0 Å². The summed E-state index contributed by atoms with van der Waals surface area (Å²) in [5.41, 5.74) is 7.78. The molecule has 1 aliphatic heterocycles. The number of benzene rings is 1. The van der Waals surface area contributed by atoms with Crippen LogP contribution in [-0.4, -0.2) is 30.5 Å². The molecule has 0 aromatic heterocycles. The highest BCUT2D eigenvalue weighted by Crippen LogP contribution is 2.19. The van der Waals surface area contributed by atoms with E-state index in [-0.39, 0.29) is 0 Å². The maximum Gasteiger partial charge on any atom is 0.0387 e. The molecule has 0 amide bonds. The van der Waals surface area contributed by atoms with Crippen molar-refractivity contribution < 1.29 is 0 Å². The van der Waals surface area contributed by atoms with Crippen molar-refractivity contribution in [2.45, 2.75) is 0 Å². The fourth-order valence-electron chi connectivity index (χ4n) is 1.68. The quantitative estimate of drug-likeness (QED) is 0.539. The van der Waals surface area contributed by atoms with Crippen LogP contribution in [0.15, 0.2) is 24.3 Å². The van der Waals surface area contributed by atoms with Crippen LogP contribution in [0.3, 0.4) is 0 Å². The predicted octanol–water partition coefficient (Wildman–Crippen LogP) is 1.24. The number of hydrogen-bond donors (Lipinski definition) is 2. The van der Waals surface area contributed by atoms with E-state index in [0.29, 0.717) is 0 Å². The van der Waals surface area contributed by atoms with Gasteiger partial charge in [0.05, 0.1) is 0 Å². The van der Waals surface area contributed by atoms with Crippen molar-refractivity contribution in [2.75, 3.05) is 36.8 Å². The molecule has 0 spiro atoms. The van der Waals surface area contributed by atoms with Crippen molar-refractivity contribution in [2.24, 2.45) is 0 Å². The molecular formula is C10H15N3S. The Bertz CT molecular complexity index is 308. The minimum atomic E-state index is 0.829. The highest BCUT2D eigenvalue weighted by atomic mass is 32.1. The molecule has 1 saturated heterocycles. The van der Waals surface area contributed by atoms with Gasteiger partial charge in [-0.2, -0.15) is 0 Å². The molecule has 2 rings (SSSR count). The number of nitrogens with two attached hydrogens (primary N) is 1. The molecule has 0 unspecified atom stereocenters. The normalized spacial score (nSPS) is 18.5. The lowest BCUT2D eigenvalue weighted by molar-refractivity contribution is 0.434. The third-order valence-corrected chi connectivity index (χ3v) is 2.89. The molecule has 14 heavy (non-hydrogen) atoms. The van der Waals surface area contributed by atoms with Gasteiger partial charge in [0.15, 0.2) is 0 Å². The van der Waals surface area contributed by atoms with Crippen LogP contribution >= 0.6 is 12.8 Å². The van der Waals surface area contributed by atoms with Crippen LogP contribution in [0.5, 0.6) is 0 Å². The van der Waals surface area contributed by atoms with E-state index in [0.717, 1.165) is 31.9 Å². The Balaban J connectivity index is 2.08. The average molecular weight is 209 g/mol. The molecule has 1 aromatic carbocycles. The number of hydrogen-bond acceptors (Lipinski definition) is 4. The Kier molecular flexibility index (Phi) is 2.84. The van der Waals surface area contributed by atoms with Gasteiger partial charge in [0, 0.05) is 37.6 Å².